The summed E-state index contributed by atoms with van der Waals surface area (Å²) in [4.78, 5) is 13.9. The van der Waals surface area contributed by atoms with Crippen molar-refractivity contribution in [2.45, 2.75) is 16.6 Å². The van der Waals surface area contributed by atoms with E-state index in [1.807, 2.05) is 24.3 Å². The Kier molecular flexibility index (Phi) is 1.75. The van der Waals surface area contributed by atoms with Crippen LogP contribution in [-0.2, 0) is 0 Å². The number of rotatable bonds is 1. The maximum absolute atomic E-state index is 11.8. The smallest absolute Gasteiger partial charge is 0.159 e. The molecule has 0 unspecified atom stereocenters. The van der Waals surface area contributed by atoms with Crippen molar-refractivity contribution in [1.29, 1.82) is 0 Å². The van der Waals surface area contributed by atoms with Crippen LogP contribution in [0.5, 0.6) is 0 Å². The third kappa shape index (κ3) is 1.83. The molecule has 1 aliphatic heterocycles. The second-order valence-corrected chi connectivity index (χ2v) is 4.85. The lowest BCUT2D eigenvalue weighted by atomic mass is 10.1. The van der Waals surface area contributed by atoms with E-state index in [9.17, 15) is 4.79 Å². The fourth-order valence-corrected chi connectivity index (χ4v) is 2.75. The molecule has 2 nitrogen and oxygen atoms in total. The molecular formula is C14H11NOS. The van der Waals surface area contributed by atoms with Gasteiger partial charge in [0.25, 0.3) is 0 Å². The van der Waals surface area contributed by atoms with Gasteiger partial charge in [-0.2, -0.15) is 0 Å². The zero-order chi connectivity index (χ0) is 14.3. The number of fused-ring (bicyclic) bond motifs is 2. The summed E-state index contributed by atoms with van der Waals surface area (Å²) in [6.07, 6.45) is 0. The molecule has 1 aliphatic rings. The number of hydrogen-bond donors (Lipinski definition) is 1. The van der Waals surface area contributed by atoms with Gasteiger partial charge in [0.15, 0.2) is 5.78 Å². The van der Waals surface area contributed by atoms with Crippen molar-refractivity contribution in [3.05, 3.63) is 48.0 Å². The Hall–Kier alpha value is -1.74. The van der Waals surface area contributed by atoms with Crippen LogP contribution in [0.2, 0.25) is 0 Å². The fourth-order valence-electron chi connectivity index (χ4n) is 1.78. The summed E-state index contributed by atoms with van der Waals surface area (Å²) in [6.45, 7) is -2.60. The first-order chi connectivity index (χ1) is 9.45. The molecule has 0 amide bonds. The van der Waals surface area contributed by atoms with Crippen LogP contribution in [0, 0.1) is 0 Å². The minimum atomic E-state index is -2.60. The molecule has 0 saturated heterocycles. The van der Waals surface area contributed by atoms with E-state index in [4.69, 9.17) is 4.11 Å². The molecule has 0 atom stereocenters. The normalized spacial score (nSPS) is 15.6. The summed E-state index contributed by atoms with van der Waals surface area (Å²) >= 11 is 1.60. The Morgan fingerprint density at radius 3 is 2.88 bits per heavy atom. The molecule has 0 fully saturated rings. The molecule has 17 heavy (non-hydrogen) atoms. The van der Waals surface area contributed by atoms with Crippen LogP contribution in [0.15, 0.2) is 52.3 Å². The SMILES string of the molecule is [2H]C([2H])([2H])C(=O)c1ccc2c(c1)Nc1ccccc1S2. The molecule has 0 saturated carbocycles. The monoisotopic (exact) mass is 244 g/mol. The van der Waals surface area contributed by atoms with Crippen molar-refractivity contribution in [2.75, 3.05) is 5.32 Å². The van der Waals surface area contributed by atoms with Gasteiger partial charge in [-0.3, -0.25) is 4.79 Å². The van der Waals surface area contributed by atoms with E-state index in [2.05, 4.69) is 5.32 Å². The summed E-state index contributed by atoms with van der Waals surface area (Å²) < 4.78 is 21.6. The van der Waals surface area contributed by atoms with Crippen LogP contribution in [0.1, 0.15) is 21.3 Å². The van der Waals surface area contributed by atoms with E-state index < -0.39 is 12.6 Å². The molecule has 84 valence electrons. The van der Waals surface area contributed by atoms with Gasteiger partial charge < -0.3 is 5.32 Å². The number of anilines is 2. The highest BCUT2D eigenvalue weighted by atomic mass is 32.2. The second-order valence-electron chi connectivity index (χ2n) is 3.76. The summed E-state index contributed by atoms with van der Waals surface area (Å²) in [7, 11) is 0. The first-order valence-corrected chi connectivity index (χ1v) is 5.99. The molecular weight excluding hydrogens is 230 g/mol. The highest BCUT2D eigenvalue weighted by molar-refractivity contribution is 7.99. The van der Waals surface area contributed by atoms with Gasteiger partial charge in [0.1, 0.15) is 0 Å². The molecule has 0 radical (unpaired) electrons. The van der Waals surface area contributed by atoms with Gasteiger partial charge >= 0.3 is 0 Å². The summed E-state index contributed by atoms with van der Waals surface area (Å²) in [5, 5.41) is 3.23. The molecule has 1 heterocycles. The number of carbonyl (C=O) groups is 1. The predicted octanol–water partition coefficient (Wildman–Crippen LogP) is 4.10. The molecule has 2 aromatic carbocycles. The quantitative estimate of drug-likeness (QED) is 0.653. The summed E-state index contributed by atoms with van der Waals surface area (Å²) in [5.74, 6) is -0.828. The van der Waals surface area contributed by atoms with E-state index in [0.29, 0.717) is 0 Å². The largest absolute Gasteiger partial charge is 0.354 e. The fraction of sp³-hybridized carbons (Fsp3) is 0.0714. The number of ketones is 1. The summed E-state index contributed by atoms with van der Waals surface area (Å²) in [5.41, 5.74) is 1.93. The molecule has 0 spiro atoms. The predicted molar refractivity (Wildman–Crippen MR) is 70.3 cm³/mol. The van der Waals surface area contributed by atoms with E-state index in [-0.39, 0.29) is 5.56 Å². The van der Waals surface area contributed by atoms with Gasteiger partial charge in [-0.25, -0.2) is 0 Å². The first-order valence-electron chi connectivity index (χ1n) is 6.68. The molecule has 3 rings (SSSR count). The van der Waals surface area contributed by atoms with Gasteiger partial charge in [-0.1, -0.05) is 30.0 Å². The zero-order valence-electron chi connectivity index (χ0n) is 11.9. The Morgan fingerprint density at radius 2 is 2.00 bits per heavy atom. The van der Waals surface area contributed by atoms with Crippen molar-refractivity contribution in [3.8, 4) is 0 Å². The topological polar surface area (TPSA) is 29.1 Å². The molecule has 1 N–H and O–H groups in total. The average molecular weight is 244 g/mol. The van der Waals surface area contributed by atoms with Gasteiger partial charge in [0.05, 0.1) is 11.4 Å². The Morgan fingerprint density at radius 1 is 1.18 bits per heavy atom. The van der Waals surface area contributed by atoms with Crippen LogP contribution in [0.3, 0.4) is 0 Å². The van der Waals surface area contributed by atoms with Crippen LogP contribution in [0.25, 0.3) is 0 Å². The maximum Gasteiger partial charge on any atom is 0.159 e. The van der Waals surface area contributed by atoms with Crippen LogP contribution in [-0.4, -0.2) is 5.78 Å². The van der Waals surface area contributed by atoms with Crippen molar-refractivity contribution >= 4 is 28.9 Å². The average Bonchev–Trinajstić information content (AvgIpc) is 2.42. The lowest BCUT2D eigenvalue weighted by molar-refractivity contribution is 0.101. The standard InChI is InChI=1S/C14H11NOS/c1-9(16)10-6-7-14-12(8-10)15-11-4-2-3-5-13(11)17-14/h2-8,15H,1H3/i1D3. The van der Waals surface area contributed by atoms with Crippen LogP contribution in [0.4, 0.5) is 11.4 Å². The maximum atomic E-state index is 11.8. The van der Waals surface area contributed by atoms with Gasteiger partial charge in [-0.05, 0) is 31.1 Å². The molecule has 0 aromatic heterocycles. The molecule has 0 bridgehead atoms. The highest BCUT2D eigenvalue weighted by Crippen LogP contribution is 2.44. The van der Waals surface area contributed by atoms with Gasteiger partial charge in [0.2, 0.25) is 0 Å². The number of Topliss-reactive ketones (excluding diaryl/α,β-unsaturated/α-hetero) is 1. The lowest BCUT2D eigenvalue weighted by Gasteiger charge is -2.20. The van der Waals surface area contributed by atoms with E-state index in [0.717, 1.165) is 21.2 Å². The van der Waals surface area contributed by atoms with E-state index in [1.54, 1.807) is 30.0 Å². The molecule has 3 heteroatoms. The summed E-state index contributed by atoms with van der Waals surface area (Å²) in [6, 6.07) is 12.8. The minimum Gasteiger partial charge on any atom is -0.354 e. The number of hydrogen-bond acceptors (Lipinski definition) is 3. The van der Waals surface area contributed by atoms with Crippen molar-refractivity contribution < 1.29 is 8.91 Å². The van der Waals surface area contributed by atoms with Gasteiger partial charge in [-0.15, -0.1) is 0 Å². The van der Waals surface area contributed by atoms with E-state index in [1.165, 1.54) is 0 Å². The third-order valence-electron chi connectivity index (χ3n) is 2.62. The van der Waals surface area contributed by atoms with Crippen molar-refractivity contribution in [1.82, 2.24) is 0 Å². The first kappa shape index (κ1) is 7.56. The minimum absolute atomic E-state index is 0.205. The van der Waals surface area contributed by atoms with E-state index >= 15 is 0 Å². The molecule has 2 aromatic rings. The lowest BCUT2D eigenvalue weighted by Crippen LogP contribution is -2.01. The van der Waals surface area contributed by atoms with Crippen molar-refractivity contribution in [2.24, 2.45) is 0 Å². The third-order valence-corrected chi connectivity index (χ3v) is 3.77. The molecule has 0 aliphatic carbocycles. The Bertz CT molecular complexity index is 697. The van der Waals surface area contributed by atoms with Crippen LogP contribution < -0.4 is 5.32 Å². The second kappa shape index (κ2) is 3.93. The van der Waals surface area contributed by atoms with Crippen LogP contribution >= 0.6 is 11.8 Å². The number of para-hydroxylation sites is 1. The Balaban J connectivity index is 1.98. The zero-order valence-corrected chi connectivity index (χ0v) is 9.67. The number of nitrogens with one attached hydrogen (secondary N) is 1. The van der Waals surface area contributed by atoms with Gasteiger partial charge in [0, 0.05) is 19.5 Å². The highest BCUT2D eigenvalue weighted by Gasteiger charge is 2.15. The van der Waals surface area contributed by atoms with Crippen molar-refractivity contribution in [3.63, 3.8) is 0 Å². The number of benzene rings is 2. The number of carbonyl (C=O) groups excluding carboxylic acids is 1. The Labute approximate surface area is 108 Å².